The van der Waals surface area contributed by atoms with Crippen LogP contribution in [0.2, 0.25) is 0 Å². The Balaban J connectivity index is 2.36. The predicted molar refractivity (Wildman–Crippen MR) is 50.1 cm³/mol. The van der Waals surface area contributed by atoms with E-state index in [2.05, 4.69) is 5.32 Å². The van der Waals surface area contributed by atoms with Crippen LogP contribution in [0.25, 0.3) is 0 Å². The van der Waals surface area contributed by atoms with Gasteiger partial charge in [-0.2, -0.15) is 0 Å². The van der Waals surface area contributed by atoms with Crippen molar-refractivity contribution in [3.05, 3.63) is 35.4 Å². The summed E-state index contributed by atoms with van der Waals surface area (Å²) in [5, 5.41) is 3.03. The molecule has 0 aliphatic carbocycles. The van der Waals surface area contributed by atoms with E-state index in [1.807, 2.05) is 24.3 Å². The first-order chi connectivity index (χ1) is 6.31. The second-order valence-electron chi connectivity index (χ2n) is 3.29. The zero-order valence-corrected chi connectivity index (χ0v) is 7.23. The topological polar surface area (TPSA) is 55.1 Å². The number of carbonyl (C=O) groups excluding carboxylic acids is 1. The number of fused-ring (bicyclic) bond motifs is 1. The number of rotatable bonds is 1. The molecule has 2 rings (SSSR count). The molecule has 1 aliphatic heterocycles. The van der Waals surface area contributed by atoms with Crippen molar-refractivity contribution < 1.29 is 4.79 Å². The van der Waals surface area contributed by atoms with Crippen molar-refractivity contribution in [2.45, 2.75) is 18.6 Å². The second-order valence-corrected chi connectivity index (χ2v) is 3.29. The molecule has 0 fully saturated rings. The molecule has 2 unspecified atom stereocenters. The van der Waals surface area contributed by atoms with Crippen molar-refractivity contribution in [1.29, 1.82) is 0 Å². The minimum atomic E-state index is -0.208. The van der Waals surface area contributed by atoms with Crippen molar-refractivity contribution in [3.63, 3.8) is 0 Å². The zero-order chi connectivity index (χ0) is 9.26. The fraction of sp³-hybridized carbons (Fsp3) is 0.300. The van der Waals surface area contributed by atoms with Crippen molar-refractivity contribution >= 4 is 6.29 Å². The predicted octanol–water partition coefficient (Wildman–Crippen LogP) is 0.357. The Labute approximate surface area is 76.9 Å². The molecule has 0 bridgehead atoms. The molecule has 1 heterocycles. The quantitative estimate of drug-likeness (QED) is 0.607. The Morgan fingerprint density at radius 3 is 3.00 bits per heavy atom. The van der Waals surface area contributed by atoms with Crippen LogP contribution in [0.3, 0.4) is 0 Å². The summed E-state index contributed by atoms with van der Waals surface area (Å²) in [5.74, 6) is 0. The number of aldehydes is 1. The van der Waals surface area contributed by atoms with Gasteiger partial charge in [0.2, 0.25) is 0 Å². The van der Waals surface area contributed by atoms with Gasteiger partial charge in [0.1, 0.15) is 6.29 Å². The van der Waals surface area contributed by atoms with Crippen molar-refractivity contribution in [1.82, 2.24) is 5.32 Å². The van der Waals surface area contributed by atoms with Gasteiger partial charge in [-0.15, -0.1) is 0 Å². The highest BCUT2D eigenvalue weighted by Gasteiger charge is 2.22. The van der Waals surface area contributed by atoms with Crippen molar-refractivity contribution in [3.8, 4) is 0 Å². The van der Waals surface area contributed by atoms with Crippen LogP contribution in [-0.2, 0) is 11.2 Å². The average molecular weight is 176 g/mol. The summed E-state index contributed by atoms with van der Waals surface area (Å²) in [5.41, 5.74) is 8.11. The van der Waals surface area contributed by atoms with E-state index < -0.39 is 0 Å². The van der Waals surface area contributed by atoms with Gasteiger partial charge in [-0.25, -0.2) is 0 Å². The number of carbonyl (C=O) groups is 1. The third-order valence-corrected chi connectivity index (χ3v) is 2.39. The first kappa shape index (κ1) is 8.41. The van der Waals surface area contributed by atoms with E-state index in [9.17, 15) is 4.79 Å². The molecule has 0 saturated carbocycles. The van der Waals surface area contributed by atoms with E-state index in [1.165, 1.54) is 5.56 Å². The number of nitrogens with two attached hydrogens (primary N) is 1. The maximum Gasteiger partial charge on any atom is 0.137 e. The van der Waals surface area contributed by atoms with Crippen LogP contribution in [0.15, 0.2) is 24.3 Å². The minimum Gasteiger partial charge on any atom is -0.312 e. The largest absolute Gasteiger partial charge is 0.312 e. The lowest BCUT2D eigenvalue weighted by molar-refractivity contribution is -0.109. The molecule has 3 heteroatoms. The van der Waals surface area contributed by atoms with Gasteiger partial charge in [0.15, 0.2) is 0 Å². The Hall–Kier alpha value is -1.19. The van der Waals surface area contributed by atoms with Crippen LogP contribution in [0.4, 0.5) is 0 Å². The SMILES string of the molecule is NC1NC(C=O)Cc2ccccc21. The van der Waals surface area contributed by atoms with Crippen LogP contribution >= 0.6 is 0 Å². The summed E-state index contributed by atoms with van der Waals surface area (Å²) in [6, 6.07) is 7.81. The van der Waals surface area contributed by atoms with Crippen LogP contribution in [0, 0.1) is 0 Å². The monoisotopic (exact) mass is 176 g/mol. The highest BCUT2D eigenvalue weighted by molar-refractivity contribution is 5.60. The standard InChI is InChI=1S/C10H12N2O/c11-10-9-4-2-1-3-7(9)5-8(6-13)12-10/h1-4,6,8,10,12H,5,11H2. The molecule has 68 valence electrons. The van der Waals surface area contributed by atoms with E-state index in [-0.39, 0.29) is 12.2 Å². The highest BCUT2D eigenvalue weighted by Crippen LogP contribution is 2.20. The Kier molecular flexibility index (Phi) is 2.12. The molecule has 0 spiro atoms. The molecular formula is C10H12N2O. The molecule has 0 amide bonds. The second kappa shape index (κ2) is 3.28. The molecule has 3 nitrogen and oxygen atoms in total. The molecule has 1 aliphatic rings. The summed E-state index contributed by atoms with van der Waals surface area (Å²) in [4.78, 5) is 10.6. The summed E-state index contributed by atoms with van der Waals surface area (Å²) in [6.45, 7) is 0. The molecule has 0 aromatic heterocycles. The van der Waals surface area contributed by atoms with Crippen molar-refractivity contribution in [2.24, 2.45) is 5.73 Å². The lowest BCUT2D eigenvalue weighted by atomic mass is 9.94. The first-order valence-corrected chi connectivity index (χ1v) is 4.36. The number of benzene rings is 1. The smallest absolute Gasteiger partial charge is 0.137 e. The summed E-state index contributed by atoms with van der Waals surface area (Å²) >= 11 is 0. The molecule has 2 atom stereocenters. The summed E-state index contributed by atoms with van der Waals surface area (Å²) < 4.78 is 0. The fourth-order valence-electron chi connectivity index (χ4n) is 1.73. The van der Waals surface area contributed by atoms with Gasteiger partial charge in [0.05, 0.1) is 12.2 Å². The van der Waals surface area contributed by atoms with Gasteiger partial charge >= 0.3 is 0 Å². The summed E-state index contributed by atoms with van der Waals surface area (Å²) in [6.07, 6.45) is 1.45. The number of nitrogens with one attached hydrogen (secondary N) is 1. The molecular weight excluding hydrogens is 164 g/mol. The van der Waals surface area contributed by atoms with Gasteiger partial charge in [0, 0.05) is 0 Å². The van der Waals surface area contributed by atoms with Gasteiger partial charge in [-0.3, -0.25) is 5.32 Å². The molecule has 1 aromatic rings. The van der Waals surface area contributed by atoms with Gasteiger partial charge < -0.3 is 10.5 Å². The normalized spacial score (nSPS) is 26.5. The third kappa shape index (κ3) is 1.48. The van der Waals surface area contributed by atoms with Gasteiger partial charge in [-0.1, -0.05) is 24.3 Å². The van der Waals surface area contributed by atoms with Gasteiger partial charge in [-0.05, 0) is 17.5 Å². The lowest BCUT2D eigenvalue weighted by Gasteiger charge is -2.27. The van der Waals surface area contributed by atoms with E-state index in [4.69, 9.17) is 5.73 Å². The van der Waals surface area contributed by atoms with E-state index in [0.717, 1.165) is 18.3 Å². The maximum atomic E-state index is 10.6. The number of hydrogen-bond acceptors (Lipinski definition) is 3. The Bertz CT molecular complexity index is 324. The Morgan fingerprint density at radius 1 is 1.46 bits per heavy atom. The lowest BCUT2D eigenvalue weighted by Crippen LogP contribution is -2.44. The highest BCUT2D eigenvalue weighted by atomic mass is 16.1. The minimum absolute atomic E-state index is 0.134. The maximum absolute atomic E-state index is 10.6. The van der Waals surface area contributed by atoms with Crippen LogP contribution in [0.5, 0.6) is 0 Å². The van der Waals surface area contributed by atoms with Gasteiger partial charge in [0.25, 0.3) is 0 Å². The molecule has 3 N–H and O–H groups in total. The first-order valence-electron chi connectivity index (χ1n) is 4.36. The molecule has 1 aromatic carbocycles. The zero-order valence-electron chi connectivity index (χ0n) is 7.23. The molecule has 13 heavy (non-hydrogen) atoms. The van der Waals surface area contributed by atoms with Crippen LogP contribution in [0.1, 0.15) is 17.3 Å². The van der Waals surface area contributed by atoms with E-state index >= 15 is 0 Å². The Morgan fingerprint density at radius 2 is 2.23 bits per heavy atom. The average Bonchev–Trinajstić information content (AvgIpc) is 2.18. The fourth-order valence-corrected chi connectivity index (χ4v) is 1.73. The van der Waals surface area contributed by atoms with Crippen LogP contribution < -0.4 is 11.1 Å². The van der Waals surface area contributed by atoms with E-state index in [1.54, 1.807) is 0 Å². The van der Waals surface area contributed by atoms with Crippen LogP contribution in [-0.4, -0.2) is 12.3 Å². The number of hydrogen-bond donors (Lipinski definition) is 2. The molecule has 0 radical (unpaired) electrons. The van der Waals surface area contributed by atoms with Crippen molar-refractivity contribution in [2.75, 3.05) is 0 Å². The molecule has 0 saturated heterocycles. The summed E-state index contributed by atoms with van der Waals surface area (Å²) in [7, 11) is 0. The third-order valence-electron chi connectivity index (χ3n) is 2.39. The van der Waals surface area contributed by atoms with E-state index in [0.29, 0.717) is 0 Å².